The molecule has 1 amide bonds. The quantitative estimate of drug-likeness (QED) is 0.818. The van der Waals surface area contributed by atoms with Gasteiger partial charge in [0.15, 0.2) is 0 Å². The predicted octanol–water partition coefficient (Wildman–Crippen LogP) is 1.82. The Hall–Kier alpha value is -1.69. The number of carboxylic acids is 1. The maximum atomic E-state index is 13.3. The summed E-state index contributed by atoms with van der Waals surface area (Å²) in [4.78, 5) is 21.9. The lowest BCUT2D eigenvalue weighted by molar-refractivity contribution is -0.138. The average Bonchev–Trinajstić information content (AvgIpc) is 2.22. The summed E-state index contributed by atoms with van der Waals surface area (Å²) >= 11 is 5.31. The molecule has 0 fully saturated rings. The molecule has 1 aromatic rings. The summed E-state index contributed by atoms with van der Waals surface area (Å²) < 4.78 is 26.3. The first-order valence-corrected chi connectivity index (χ1v) is 4.89. The van der Waals surface area contributed by atoms with Gasteiger partial charge in [-0.05, 0) is 19.1 Å². The Bertz CT molecular complexity index is 479. The highest BCUT2D eigenvalue weighted by molar-refractivity contribution is 6.30. The summed E-state index contributed by atoms with van der Waals surface area (Å²) in [5.41, 5.74) is -0.597. The van der Waals surface area contributed by atoms with Crippen molar-refractivity contribution in [2.45, 2.75) is 13.0 Å². The number of benzene rings is 1. The molecule has 2 N–H and O–H groups in total. The minimum absolute atomic E-state index is 0.453. The smallest absolute Gasteiger partial charge is 0.325 e. The summed E-state index contributed by atoms with van der Waals surface area (Å²) in [5, 5.41) is 10.1. The lowest BCUT2D eigenvalue weighted by atomic mass is 10.2. The first-order valence-electron chi connectivity index (χ1n) is 4.51. The van der Waals surface area contributed by atoms with Gasteiger partial charge in [0.1, 0.15) is 17.7 Å². The third-order valence-corrected chi connectivity index (χ3v) is 2.26. The molecule has 0 aliphatic heterocycles. The van der Waals surface area contributed by atoms with Crippen LogP contribution in [0.2, 0.25) is 5.02 Å². The molecule has 0 saturated heterocycles. The van der Waals surface area contributed by atoms with Crippen molar-refractivity contribution in [1.29, 1.82) is 0 Å². The molecular weight excluding hydrogens is 256 g/mol. The van der Waals surface area contributed by atoms with E-state index in [1.807, 2.05) is 5.32 Å². The van der Waals surface area contributed by atoms with Gasteiger partial charge in [0.25, 0.3) is 5.91 Å². The number of carbonyl (C=O) groups is 2. The van der Waals surface area contributed by atoms with E-state index in [-0.39, 0.29) is 0 Å². The largest absolute Gasteiger partial charge is 0.480 e. The maximum absolute atomic E-state index is 13.3. The van der Waals surface area contributed by atoms with Gasteiger partial charge in [-0.25, -0.2) is 8.78 Å². The molecule has 1 unspecified atom stereocenters. The number of rotatable bonds is 3. The number of carboxylic acid groups (broad SMARTS) is 1. The highest BCUT2D eigenvalue weighted by Gasteiger charge is 2.19. The van der Waals surface area contributed by atoms with E-state index in [1.54, 1.807) is 0 Å². The van der Waals surface area contributed by atoms with Crippen LogP contribution >= 0.6 is 11.6 Å². The molecule has 0 aliphatic rings. The third kappa shape index (κ3) is 3.13. The Balaban J connectivity index is 2.97. The number of aliphatic carboxylic acids is 1. The first-order chi connectivity index (χ1) is 7.82. The van der Waals surface area contributed by atoms with Crippen molar-refractivity contribution in [3.63, 3.8) is 0 Å². The summed E-state index contributed by atoms with van der Waals surface area (Å²) in [6, 6.07) is 0.0550. The fourth-order valence-electron chi connectivity index (χ4n) is 1.03. The van der Waals surface area contributed by atoms with Crippen molar-refractivity contribution in [2.24, 2.45) is 0 Å². The highest BCUT2D eigenvalue weighted by atomic mass is 35.5. The monoisotopic (exact) mass is 263 g/mol. The van der Waals surface area contributed by atoms with Gasteiger partial charge in [-0.2, -0.15) is 0 Å². The maximum Gasteiger partial charge on any atom is 0.325 e. The van der Waals surface area contributed by atoms with Crippen molar-refractivity contribution in [3.8, 4) is 0 Å². The van der Waals surface area contributed by atoms with Crippen molar-refractivity contribution >= 4 is 23.5 Å². The fraction of sp³-hybridized carbons (Fsp3) is 0.200. The van der Waals surface area contributed by atoms with E-state index in [1.165, 1.54) is 6.92 Å². The fourth-order valence-corrected chi connectivity index (χ4v) is 1.18. The number of hydrogen-bond donors (Lipinski definition) is 2. The van der Waals surface area contributed by atoms with Crippen molar-refractivity contribution in [3.05, 3.63) is 34.4 Å². The Morgan fingerprint density at radius 1 is 1.35 bits per heavy atom. The molecular formula is C10H8ClF2NO3. The first kappa shape index (κ1) is 13.4. The van der Waals surface area contributed by atoms with E-state index >= 15 is 0 Å². The van der Waals surface area contributed by atoms with Crippen molar-refractivity contribution in [1.82, 2.24) is 5.32 Å². The van der Waals surface area contributed by atoms with Gasteiger partial charge < -0.3 is 10.4 Å². The van der Waals surface area contributed by atoms with E-state index in [0.29, 0.717) is 12.1 Å². The lowest BCUT2D eigenvalue weighted by Gasteiger charge is -2.10. The summed E-state index contributed by atoms with van der Waals surface area (Å²) in [7, 11) is 0. The zero-order chi connectivity index (χ0) is 13.2. The van der Waals surface area contributed by atoms with Crippen molar-refractivity contribution in [2.75, 3.05) is 0 Å². The standard InChI is InChI=1S/C10H8ClF2NO3/c1-4(10(16)17)14-9(15)5-2-8(13)6(11)3-7(5)12/h2-4H,1H3,(H,14,15)(H,16,17). The van der Waals surface area contributed by atoms with Crippen LogP contribution in [-0.2, 0) is 4.79 Å². The highest BCUT2D eigenvalue weighted by Crippen LogP contribution is 2.19. The molecule has 0 heterocycles. The van der Waals surface area contributed by atoms with E-state index in [9.17, 15) is 18.4 Å². The molecule has 0 aromatic heterocycles. The Morgan fingerprint density at radius 3 is 2.47 bits per heavy atom. The molecule has 0 bridgehead atoms. The van der Waals surface area contributed by atoms with Crippen LogP contribution in [0.4, 0.5) is 8.78 Å². The molecule has 0 spiro atoms. The molecule has 1 aromatic carbocycles. The van der Waals surface area contributed by atoms with E-state index < -0.39 is 40.1 Å². The van der Waals surface area contributed by atoms with Crippen LogP contribution < -0.4 is 5.32 Å². The van der Waals surface area contributed by atoms with E-state index in [2.05, 4.69) is 0 Å². The minimum Gasteiger partial charge on any atom is -0.480 e. The summed E-state index contributed by atoms with van der Waals surface area (Å²) in [6.45, 7) is 1.20. The number of nitrogens with one attached hydrogen (secondary N) is 1. The van der Waals surface area contributed by atoms with Crippen LogP contribution in [0.15, 0.2) is 12.1 Å². The molecule has 4 nitrogen and oxygen atoms in total. The average molecular weight is 264 g/mol. The van der Waals surface area contributed by atoms with Gasteiger partial charge in [-0.1, -0.05) is 11.6 Å². The van der Waals surface area contributed by atoms with Gasteiger partial charge in [-0.3, -0.25) is 9.59 Å². The molecule has 0 radical (unpaired) electrons. The van der Waals surface area contributed by atoms with E-state index in [0.717, 1.165) is 0 Å². The number of amides is 1. The Morgan fingerprint density at radius 2 is 1.94 bits per heavy atom. The van der Waals surface area contributed by atoms with Crippen LogP contribution in [0.3, 0.4) is 0 Å². The van der Waals surface area contributed by atoms with Gasteiger partial charge in [0.2, 0.25) is 0 Å². The number of halogens is 3. The normalized spacial score (nSPS) is 12.0. The summed E-state index contributed by atoms with van der Waals surface area (Å²) in [6.07, 6.45) is 0. The lowest BCUT2D eigenvalue weighted by Crippen LogP contribution is -2.38. The molecule has 0 aliphatic carbocycles. The zero-order valence-corrected chi connectivity index (χ0v) is 9.39. The zero-order valence-electron chi connectivity index (χ0n) is 8.63. The van der Waals surface area contributed by atoms with Crippen LogP contribution in [-0.4, -0.2) is 23.0 Å². The molecule has 1 atom stereocenters. The van der Waals surface area contributed by atoms with Crippen LogP contribution in [0, 0.1) is 11.6 Å². The van der Waals surface area contributed by atoms with Gasteiger partial charge in [-0.15, -0.1) is 0 Å². The SMILES string of the molecule is CC(NC(=O)c1cc(F)c(Cl)cc1F)C(=O)O. The summed E-state index contributed by atoms with van der Waals surface area (Å²) in [5.74, 6) is -4.28. The predicted molar refractivity (Wildman–Crippen MR) is 55.9 cm³/mol. The van der Waals surface area contributed by atoms with Gasteiger partial charge in [0, 0.05) is 0 Å². The second-order valence-corrected chi connectivity index (χ2v) is 3.69. The minimum atomic E-state index is -1.28. The third-order valence-electron chi connectivity index (χ3n) is 1.97. The van der Waals surface area contributed by atoms with Crippen molar-refractivity contribution < 1.29 is 23.5 Å². The number of carbonyl (C=O) groups excluding carboxylic acids is 1. The second-order valence-electron chi connectivity index (χ2n) is 3.28. The molecule has 7 heteroatoms. The van der Waals surface area contributed by atoms with Crippen LogP contribution in [0.25, 0.3) is 0 Å². The molecule has 0 saturated carbocycles. The van der Waals surface area contributed by atoms with Gasteiger partial charge in [0.05, 0.1) is 10.6 Å². The van der Waals surface area contributed by atoms with Crippen LogP contribution in [0.1, 0.15) is 17.3 Å². The Labute approximate surface area is 100 Å². The molecule has 17 heavy (non-hydrogen) atoms. The Kier molecular flexibility index (Phi) is 4.01. The topological polar surface area (TPSA) is 66.4 Å². The van der Waals surface area contributed by atoms with Crippen LogP contribution in [0.5, 0.6) is 0 Å². The number of hydrogen-bond acceptors (Lipinski definition) is 2. The van der Waals surface area contributed by atoms with Gasteiger partial charge >= 0.3 is 5.97 Å². The second kappa shape index (κ2) is 5.09. The molecule has 1 rings (SSSR count). The molecule has 92 valence electrons. The van der Waals surface area contributed by atoms with E-state index in [4.69, 9.17) is 16.7 Å².